The van der Waals surface area contributed by atoms with Crippen LogP contribution >= 0.6 is 15.9 Å². The van der Waals surface area contributed by atoms with E-state index in [0.29, 0.717) is 0 Å². The maximum absolute atomic E-state index is 13.2. The van der Waals surface area contributed by atoms with Gasteiger partial charge in [0.05, 0.1) is 17.7 Å². The molecular formula is C23H22BrN3O3S. The zero-order valence-electron chi connectivity index (χ0n) is 16.9. The van der Waals surface area contributed by atoms with Crippen LogP contribution in [-0.2, 0) is 21.4 Å². The van der Waals surface area contributed by atoms with Crippen molar-refractivity contribution < 1.29 is 13.2 Å². The molecule has 8 heteroatoms. The second-order valence-electron chi connectivity index (χ2n) is 6.92. The molecule has 0 spiro atoms. The van der Waals surface area contributed by atoms with Crippen molar-refractivity contribution >= 4 is 38.1 Å². The fraction of sp³-hybridized carbons (Fsp3) is 0.130. The average molecular weight is 500 g/mol. The zero-order valence-corrected chi connectivity index (χ0v) is 19.3. The van der Waals surface area contributed by atoms with Gasteiger partial charge in [-0.1, -0.05) is 76.1 Å². The third kappa shape index (κ3) is 6.58. The van der Waals surface area contributed by atoms with Gasteiger partial charge in [0.2, 0.25) is 10.0 Å². The van der Waals surface area contributed by atoms with Crippen molar-refractivity contribution in [2.75, 3.05) is 6.54 Å². The van der Waals surface area contributed by atoms with Gasteiger partial charge in [-0.15, -0.1) is 0 Å². The molecule has 0 aliphatic rings. The summed E-state index contributed by atoms with van der Waals surface area (Å²) in [5, 5.41) is 3.96. The van der Waals surface area contributed by atoms with E-state index in [-0.39, 0.29) is 18.0 Å². The summed E-state index contributed by atoms with van der Waals surface area (Å²) in [5.74, 6) is -0.527. The Kier molecular flexibility index (Phi) is 7.73. The van der Waals surface area contributed by atoms with E-state index in [1.165, 1.54) is 18.3 Å². The number of benzene rings is 3. The molecule has 0 aliphatic heterocycles. The van der Waals surface area contributed by atoms with Crippen LogP contribution in [0, 0.1) is 6.92 Å². The molecule has 0 unspecified atom stereocenters. The highest BCUT2D eigenvalue weighted by Crippen LogP contribution is 2.20. The summed E-state index contributed by atoms with van der Waals surface area (Å²) >= 11 is 3.31. The number of sulfonamides is 1. The first-order valence-electron chi connectivity index (χ1n) is 9.53. The number of hydrogen-bond acceptors (Lipinski definition) is 4. The maximum atomic E-state index is 13.2. The van der Waals surface area contributed by atoms with Gasteiger partial charge in [-0.05, 0) is 42.3 Å². The number of carbonyl (C=O) groups excluding carboxylic acids is 1. The Labute approximate surface area is 190 Å². The minimum atomic E-state index is -3.89. The topological polar surface area (TPSA) is 78.8 Å². The van der Waals surface area contributed by atoms with E-state index in [9.17, 15) is 13.2 Å². The van der Waals surface area contributed by atoms with E-state index in [1.807, 2.05) is 61.5 Å². The van der Waals surface area contributed by atoms with Crippen molar-refractivity contribution in [1.82, 2.24) is 9.73 Å². The number of carbonyl (C=O) groups is 1. The SMILES string of the molecule is Cc1cccc(/C=N\NC(=O)CN(Cc2ccccc2)S(=O)(=O)c2ccc(Br)cc2)c1. The van der Waals surface area contributed by atoms with Crippen molar-refractivity contribution in [3.8, 4) is 0 Å². The molecule has 0 bridgehead atoms. The fourth-order valence-electron chi connectivity index (χ4n) is 2.89. The quantitative estimate of drug-likeness (QED) is 0.374. The molecule has 160 valence electrons. The van der Waals surface area contributed by atoms with Crippen LogP contribution in [-0.4, -0.2) is 31.4 Å². The van der Waals surface area contributed by atoms with Gasteiger partial charge in [-0.3, -0.25) is 4.79 Å². The van der Waals surface area contributed by atoms with Crippen LogP contribution in [0.5, 0.6) is 0 Å². The lowest BCUT2D eigenvalue weighted by atomic mass is 10.2. The van der Waals surface area contributed by atoms with Crippen LogP contribution in [0.3, 0.4) is 0 Å². The molecule has 31 heavy (non-hydrogen) atoms. The predicted octanol–water partition coefficient (Wildman–Crippen LogP) is 4.10. The predicted molar refractivity (Wildman–Crippen MR) is 125 cm³/mol. The molecule has 0 heterocycles. The molecule has 3 aromatic carbocycles. The Bertz CT molecular complexity index is 1160. The first kappa shape index (κ1) is 22.9. The highest BCUT2D eigenvalue weighted by atomic mass is 79.9. The lowest BCUT2D eigenvalue weighted by Gasteiger charge is -2.21. The minimum Gasteiger partial charge on any atom is -0.272 e. The highest BCUT2D eigenvalue weighted by Gasteiger charge is 2.26. The number of hydrogen-bond donors (Lipinski definition) is 1. The van der Waals surface area contributed by atoms with Crippen molar-refractivity contribution in [2.45, 2.75) is 18.4 Å². The molecule has 6 nitrogen and oxygen atoms in total. The van der Waals surface area contributed by atoms with Gasteiger partial charge in [-0.25, -0.2) is 13.8 Å². The van der Waals surface area contributed by atoms with Gasteiger partial charge >= 0.3 is 0 Å². The van der Waals surface area contributed by atoms with Crippen molar-refractivity contribution in [3.05, 3.63) is 100 Å². The molecule has 0 atom stereocenters. The first-order chi connectivity index (χ1) is 14.8. The smallest absolute Gasteiger partial charge is 0.255 e. The van der Waals surface area contributed by atoms with E-state index < -0.39 is 15.9 Å². The standard InChI is InChI=1S/C23H22BrN3O3S/c1-18-6-5-9-20(14-18)15-25-26-23(28)17-27(16-19-7-3-2-4-8-19)31(29,30)22-12-10-21(24)11-13-22/h2-15H,16-17H2,1H3,(H,26,28)/b25-15-. The first-order valence-corrected chi connectivity index (χ1v) is 11.8. The van der Waals surface area contributed by atoms with Gasteiger partial charge in [0.1, 0.15) is 0 Å². The molecule has 1 amide bonds. The van der Waals surface area contributed by atoms with Crippen LogP contribution in [0.15, 0.2) is 93.3 Å². The number of aryl methyl sites for hydroxylation is 1. The van der Waals surface area contributed by atoms with Crippen LogP contribution in [0.1, 0.15) is 16.7 Å². The average Bonchev–Trinajstić information content (AvgIpc) is 2.74. The number of amides is 1. The van der Waals surface area contributed by atoms with E-state index in [1.54, 1.807) is 12.1 Å². The zero-order chi connectivity index (χ0) is 22.3. The maximum Gasteiger partial charge on any atom is 0.255 e. The van der Waals surface area contributed by atoms with E-state index in [4.69, 9.17) is 0 Å². The highest BCUT2D eigenvalue weighted by molar-refractivity contribution is 9.10. The number of rotatable bonds is 8. The molecule has 1 N–H and O–H groups in total. The Hall–Kier alpha value is -2.81. The molecule has 0 saturated carbocycles. The Balaban J connectivity index is 1.77. The third-order valence-electron chi connectivity index (χ3n) is 4.42. The molecule has 0 aromatic heterocycles. The van der Waals surface area contributed by atoms with Gasteiger partial charge < -0.3 is 0 Å². The van der Waals surface area contributed by atoms with Gasteiger partial charge in [0, 0.05) is 11.0 Å². The number of nitrogens with zero attached hydrogens (tertiary/aromatic N) is 2. The lowest BCUT2D eigenvalue weighted by molar-refractivity contribution is -0.121. The third-order valence-corrected chi connectivity index (χ3v) is 6.75. The molecule has 0 radical (unpaired) electrons. The summed E-state index contributed by atoms with van der Waals surface area (Å²) in [6.45, 7) is 1.66. The minimum absolute atomic E-state index is 0.0637. The van der Waals surface area contributed by atoms with Crippen molar-refractivity contribution in [1.29, 1.82) is 0 Å². The van der Waals surface area contributed by atoms with E-state index in [2.05, 4.69) is 26.5 Å². The summed E-state index contributed by atoms with van der Waals surface area (Å²) in [4.78, 5) is 12.6. The monoisotopic (exact) mass is 499 g/mol. The molecule has 0 saturated heterocycles. The van der Waals surface area contributed by atoms with Crippen molar-refractivity contribution in [2.24, 2.45) is 5.10 Å². The summed E-state index contributed by atoms with van der Waals surface area (Å²) < 4.78 is 28.3. The van der Waals surface area contributed by atoms with Crippen LogP contribution in [0.4, 0.5) is 0 Å². The molecule has 0 aliphatic carbocycles. The van der Waals surface area contributed by atoms with E-state index >= 15 is 0 Å². The Morgan fingerprint density at radius 1 is 1.03 bits per heavy atom. The van der Waals surface area contributed by atoms with Gasteiger partial charge in [0.15, 0.2) is 0 Å². The van der Waals surface area contributed by atoms with E-state index in [0.717, 1.165) is 25.5 Å². The second-order valence-corrected chi connectivity index (χ2v) is 9.77. The number of nitrogens with one attached hydrogen (secondary N) is 1. The molecule has 3 rings (SSSR count). The Morgan fingerprint density at radius 2 is 1.74 bits per heavy atom. The largest absolute Gasteiger partial charge is 0.272 e. The molecular weight excluding hydrogens is 478 g/mol. The summed E-state index contributed by atoms with van der Waals surface area (Å²) in [7, 11) is -3.89. The van der Waals surface area contributed by atoms with Crippen LogP contribution in [0.25, 0.3) is 0 Å². The fourth-order valence-corrected chi connectivity index (χ4v) is 4.54. The molecule has 0 fully saturated rings. The summed E-state index contributed by atoms with van der Waals surface area (Å²) in [6, 6.07) is 23.1. The number of halogens is 1. The normalized spacial score (nSPS) is 11.7. The van der Waals surface area contributed by atoms with Gasteiger partial charge in [0.25, 0.3) is 5.91 Å². The second kappa shape index (κ2) is 10.5. The lowest BCUT2D eigenvalue weighted by Crippen LogP contribution is -2.39. The van der Waals surface area contributed by atoms with Crippen LogP contribution in [0.2, 0.25) is 0 Å². The van der Waals surface area contributed by atoms with Crippen molar-refractivity contribution in [3.63, 3.8) is 0 Å². The summed E-state index contributed by atoms with van der Waals surface area (Å²) in [6.07, 6.45) is 1.52. The van der Waals surface area contributed by atoms with Crippen LogP contribution < -0.4 is 5.43 Å². The Morgan fingerprint density at radius 3 is 2.42 bits per heavy atom. The molecule has 3 aromatic rings. The van der Waals surface area contributed by atoms with Gasteiger partial charge in [-0.2, -0.15) is 9.41 Å². The summed E-state index contributed by atoms with van der Waals surface area (Å²) in [5.41, 5.74) is 5.10. The number of hydrazone groups is 1.